The van der Waals surface area contributed by atoms with Crippen molar-refractivity contribution in [2.45, 2.75) is 58.5 Å². The van der Waals surface area contributed by atoms with E-state index in [9.17, 15) is 4.79 Å². The molecule has 19 heavy (non-hydrogen) atoms. The number of nitrogens with one attached hydrogen (secondary N) is 2. The molecule has 1 aromatic rings. The van der Waals surface area contributed by atoms with Crippen molar-refractivity contribution in [1.29, 1.82) is 0 Å². The monoisotopic (exact) mass is 262 g/mol. The zero-order valence-corrected chi connectivity index (χ0v) is 11.9. The van der Waals surface area contributed by atoms with E-state index >= 15 is 0 Å². The molecule has 4 heteroatoms. The molecular weight excluding hydrogens is 240 g/mol. The Bertz CT molecular complexity index is 500. The first-order valence-corrected chi connectivity index (χ1v) is 7.09. The second-order valence-electron chi connectivity index (χ2n) is 6.73. The average Bonchev–Trinajstić information content (AvgIpc) is 2.98. The molecule has 2 aliphatic rings. The molecule has 3 rings (SSSR count). The SMILES string of the molecule is Cc1cc2c(o1)CC(C)(C)CC2NC(=O)NC1CC1. The third-order valence-corrected chi connectivity index (χ3v) is 3.95. The molecule has 0 aliphatic heterocycles. The van der Waals surface area contributed by atoms with Crippen LogP contribution in [-0.2, 0) is 6.42 Å². The highest BCUT2D eigenvalue weighted by molar-refractivity contribution is 5.75. The summed E-state index contributed by atoms with van der Waals surface area (Å²) in [6.07, 6.45) is 4.12. The lowest BCUT2D eigenvalue weighted by Crippen LogP contribution is -2.42. The molecule has 0 saturated heterocycles. The first-order valence-electron chi connectivity index (χ1n) is 7.09. The van der Waals surface area contributed by atoms with Crippen molar-refractivity contribution in [2.75, 3.05) is 0 Å². The second-order valence-corrected chi connectivity index (χ2v) is 6.73. The number of hydrogen-bond acceptors (Lipinski definition) is 2. The van der Waals surface area contributed by atoms with Crippen molar-refractivity contribution in [1.82, 2.24) is 10.6 Å². The van der Waals surface area contributed by atoms with E-state index in [-0.39, 0.29) is 17.5 Å². The Kier molecular flexibility index (Phi) is 2.84. The quantitative estimate of drug-likeness (QED) is 0.860. The molecule has 0 bridgehead atoms. The maximum absolute atomic E-state index is 11.9. The summed E-state index contributed by atoms with van der Waals surface area (Å²) in [6.45, 7) is 6.41. The first kappa shape index (κ1) is 12.6. The maximum atomic E-state index is 11.9. The minimum Gasteiger partial charge on any atom is -0.466 e. The largest absolute Gasteiger partial charge is 0.466 e. The Balaban J connectivity index is 1.77. The molecule has 1 unspecified atom stereocenters. The Morgan fingerprint density at radius 1 is 1.37 bits per heavy atom. The van der Waals surface area contributed by atoms with Gasteiger partial charge in [0, 0.05) is 18.0 Å². The summed E-state index contributed by atoms with van der Waals surface area (Å²) in [5.41, 5.74) is 1.32. The molecule has 2 N–H and O–H groups in total. The fraction of sp³-hybridized carbons (Fsp3) is 0.667. The molecule has 1 fully saturated rings. The van der Waals surface area contributed by atoms with Gasteiger partial charge in [-0.3, -0.25) is 0 Å². The lowest BCUT2D eigenvalue weighted by Gasteiger charge is -2.34. The molecule has 2 amide bonds. The van der Waals surface area contributed by atoms with E-state index in [0.29, 0.717) is 6.04 Å². The van der Waals surface area contributed by atoms with Crippen molar-refractivity contribution < 1.29 is 9.21 Å². The van der Waals surface area contributed by atoms with Gasteiger partial charge in [0.2, 0.25) is 0 Å². The highest BCUT2D eigenvalue weighted by atomic mass is 16.3. The minimum atomic E-state index is -0.0463. The van der Waals surface area contributed by atoms with E-state index in [4.69, 9.17) is 4.42 Å². The van der Waals surface area contributed by atoms with Crippen molar-refractivity contribution >= 4 is 6.03 Å². The van der Waals surface area contributed by atoms with Crippen LogP contribution in [0.25, 0.3) is 0 Å². The van der Waals surface area contributed by atoms with Gasteiger partial charge in [-0.15, -0.1) is 0 Å². The van der Waals surface area contributed by atoms with Gasteiger partial charge >= 0.3 is 6.03 Å². The van der Waals surface area contributed by atoms with Gasteiger partial charge in [0.15, 0.2) is 0 Å². The van der Waals surface area contributed by atoms with E-state index in [1.165, 1.54) is 0 Å². The molecular formula is C15H22N2O2. The third-order valence-electron chi connectivity index (χ3n) is 3.95. The number of hydrogen-bond donors (Lipinski definition) is 2. The number of aryl methyl sites for hydroxylation is 1. The Morgan fingerprint density at radius 2 is 2.11 bits per heavy atom. The number of carbonyl (C=O) groups is 1. The number of urea groups is 1. The van der Waals surface area contributed by atoms with Crippen LogP contribution < -0.4 is 10.6 Å². The molecule has 0 aromatic carbocycles. The van der Waals surface area contributed by atoms with Crippen LogP contribution in [-0.4, -0.2) is 12.1 Å². The summed E-state index contributed by atoms with van der Waals surface area (Å²) in [5.74, 6) is 1.96. The van der Waals surface area contributed by atoms with E-state index in [0.717, 1.165) is 42.8 Å². The summed E-state index contributed by atoms with van der Waals surface area (Å²) in [6, 6.07) is 2.47. The predicted octanol–water partition coefficient (Wildman–Crippen LogP) is 3.06. The summed E-state index contributed by atoms with van der Waals surface area (Å²) in [5, 5.41) is 6.09. The number of furan rings is 1. The zero-order chi connectivity index (χ0) is 13.6. The molecule has 104 valence electrons. The van der Waals surface area contributed by atoms with Gasteiger partial charge in [0.25, 0.3) is 0 Å². The lowest BCUT2D eigenvalue weighted by molar-refractivity contribution is 0.214. The summed E-state index contributed by atoms with van der Waals surface area (Å²) in [4.78, 5) is 11.9. The molecule has 1 heterocycles. The van der Waals surface area contributed by atoms with Gasteiger partial charge in [-0.05, 0) is 37.7 Å². The van der Waals surface area contributed by atoms with E-state index in [2.05, 4.69) is 30.5 Å². The minimum absolute atomic E-state index is 0.0463. The maximum Gasteiger partial charge on any atom is 0.315 e. The highest BCUT2D eigenvalue weighted by Crippen LogP contribution is 2.41. The van der Waals surface area contributed by atoms with Crippen molar-refractivity contribution in [2.24, 2.45) is 5.41 Å². The molecule has 1 aromatic heterocycles. The number of rotatable bonds is 2. The van der Waals surface area contributed by atoms with Gasteiger partial charge in [0.05, 0.1) is 6.04 Å². The van der Waals surface area contributed by atoms with Crippen molar-refractivity contribution in [3.8, 4) is 0 Å². The van der Waals surface area contributed by atoms with Gasteiger partial charge < -0.3 is 15.1 Å². The van der Waals surface area contributed by atoms with Crippen LogP contribution in [0.15, 0.2) is 10.5 Å². The summed E-state index contributed by atoms with van der Waals surface area (Å²) < 4.78 is 5.78. The Labute approximate surface area is 113 Å². The van der Waals surface area contributed by atoms with Gasteiger partial charge in [-0.25, -0.2) is 4.79 Å². The standard InChI is InChI=1S/C15H22N2O2/c1-9-6-11-12(17-14(18)16-10-4-5-10)7-15(2,3)8-13(11)19-9/h6,10,12H,4-5,7-8H2,1-3H3,(H2,16,17,18). The van der Waals surface area contributed by atoms with Gasteiger partial charge in [0.1, 0.15) is 11.5 Å². The molecule has 4 nitrogen and oxygen atoms in total. The van der Waals surface area contributed by atoms with Crippen LogP contribution in [0.1, 0.15) is 56.2 Å². The number of amides is 2. The molecule has 0 radical (unpaired) electrons. The van der Waals surface area contributed by atoms with E-state index in [1.54, 1.807) is 0 Å². The van der Waals surface area contributed by atoms with Crippen LogP contribution in [0, 0.1) is 12.3 Å². The summed E-state index contributed by atoms with van der Waals surface area (Å²) >= 11 is 0. The molecule has 1 saturated carbocycles. The van der Waals surface area contributed by atoms with Crippen molar-refractivity contribution in [3.63, 3.8) is 0 Å². The fourth-order valence-electron chi connectivity index (χ4n) is 2.93. The highest BCUT2D eigenvalue weighted by Gasteiger charge is 2.36. The number of fused-ring (bicyclic) bond motifs is 1. The smallest absolute Gasteiger partial charge is 0.315 e. The first-order chi connectivity index (χ1) is 8.93. The molecule has 0 spiro atoms. The van der Waals surface area contributed by atoms with Crippen LogP contribution in [0.4, 0.5) is 4.79 Å². The Morgan fingerprint density at radius 3 is 2.79 bits per heavy atom. The van der Waals surface area contributed by atoms with Crippen LogP contribution in [0.3, 0.4) is 0 Å². The average molecular weight is 262 g/mol. The summed E-state index contributed by atoms with van der Waals surface area (Å²) in [7, 11) is 0. The zero-order valence-electron chi connectivity index (χ0n) is 11.9. The van der Waals surface area contributed by atoms with Crippen LogP contribution in [0.5, 0.6) is 0 Å². The van der Waals surface area contributed by atoms with Gasteiger partial charge in [-0.1, -0.05) is 13.8 Å². The Hall–Kier alpha value is -1.45. The van der Waals surface area contributed by atoms with E-state index in [1.807, 2.05) is 6.92 Å². The topological polar surface area (TPSA) is 54.3 Å². The fourth-order valence-corrected chi connectivity index (χ4v) is 2.93. The van der Waals surface area contributed by atoms with Gasteiger partial charge in [-0.2, -0.15) is 0 Å². The van der Waals surface area contributed by atoms with Crippen molar-refractivity contribution in [3.05, 3.63) is 23.2 Å². The predicted molar refractivity (Wildman–Crippen MR) is 73.0 cm³/mol. The second kappa shape index (κ2) is 4.29. The van der Waals surface area contributed by atoms with Crippen LogP contribution >= 0.6 is 0 Å². The molecule has 1 atom stereocenters. The third kappa shape index (κ3) is 2.77. The van der Waals surface area contributed by atoms with E-state index < -0.39 is 0 Å². The lowest BCUT2D eigenvalue weighted by atomic mass is 9.75. The molecule has 2 aliphatic carbocycles. The van der Waals surface area contributed by atoms with Crippen LogP contribution in [0.2, 0.25) is 0 Å². The normalized spacial score (nSPS) is 24.7. The number of carbonyl (C=O) groups excluding carboxylic acids is 1.